The maximum absolute atomic E-state index is 11.0. The topological polar surface area (TPSA) is 75.3 Å². The fourth-order valence-electron chi connectivity index (χ4n) is 1.18. The molecule has 0 saturated heterocycles. The van der Waals surface area contributed by atoms with Crippen molar-refractivity contribution in [2.24, 2.45) is 0 Å². The molecule has 2 amide bonds. The molecule has 0 aromatic heterocycles. The fraction of sp³-hybridized carbons (Fsp3) is 0.200. The summed E-state index contributed by atoms with van der Waals surface area (Å²) in [6.07, 6.45) is 0. The molecule has 0 unspecified atom stereocenters. The summed E-state index contributed by atoms with van der Waals surface area (Å²) >= 11 is -1.15. The first kappa shape index (κ1) is 12.6. The summed E-state index contributed by atoms with van der Waals surface area (Å²) in [5.74, 6) is -0.472. The Hall–Kier alpha value is -1.48. The minimum atomic E-state index is -1.15. The minimum absolute atomic E-state index is 0.227. The van der Waals surface area contributed by atoms with Crippen molar-refractivity contribution in [1.82, 2.24) is 0 Å². The molecule has 0 radical (unpaired) electrons. The van der Waals surface area contributed by atoms with Gasteiger partial charge in [-0.05, 0) is 0 Å². The molecule has 0 aliphatic rings. The molecule has 1 aromatic carbocycles. The van der Waals surface area contributed by atoms with Crippen molar-refractivity contribution in [2.45, 2.75) is 13.8 Å². The summed E-state index contributed by atoms with van der Waals surface area (Å²) in [6, 6.07) is 4.87. The van der Waals surface area contributed by atoms with Gasteiger partial charge in [0.2, 0.25) is 0 Å². The van der Waals surface area contributed by atoms with Gasteiger partial charge in [-0.1, -0.05) is 0 Å². The summed E-state index contributed by atoms with van der Waals surface area (Å²) in [7, 11) is 0. The van der Waals surface area contributed by atoms with Crippen LogP contribution in [0.4, 0.5) is 11.4 Å². The van der Waals surface area contributed by atoms with Crippen LogP contribution in [-0.2, 0) is 13.3 Å². The van der Waals surface area contributed by atoms with E-state index in [9.17, 15) is 13.3 Å². The fourth-order valence-corrected chi connectivity index (χ4v) is 1.85. The van der Waals surface area contributed by atoms with Crippen LogP contribution < -0.4 is 15.0 Å². The van der Waals surface area contributed by atoms with Gasteiger partial charge in [0.25, 0.3) is 0 Å². The Kier molecular flexibility index (Phi) is 4.37. The molecule has 0 atom stereocenters. The third kappa shape index (κ3) is 3.59. The van der Waals surface area contributed by atoms with Gasteiger partial charge in [0.15, 0.2) is 0 Å². The van der Waals surface area contributed by atoms with Gasteiger partial charge >= 0.3 is 99.2 Å². The summed E-state index contributed by atoms with van der Waals surface area (Å²) in [6.45, 7) is 2.75. The van der Waals surface area contributed by atoms with Crippen LogP contribution in [-0.4, -0.2) is 27.5 Å². The Bertz CT molecular complexity index is 446. The molecule has 0 spiro atoms. The molecule has 6 heteroatoms. The van der Waals surface area contributed by atoms with Crippen molar-refractivity contribution in [1.29, 1.82) is 0 Å². The Balaban J connectivity index is 3.09. The molecule has 1 aromatic rings. The van der Waals surface area contributed by atoms with E-state index in [-0.39, 0.29) is 11.8 Å². The third-order valence-electron chi connectivity index (χ3n) is 1.73. The SMILES string of the molecule is CC(=O)Nc1ccc([As]=O)cc1NC(C)=O. The van der Waals surface area contributed by atoms with Crippen molar-refractivity contribution in [2.75, 3.05) is 10.6 Å². The van der Waals surface area contributed by atoms with Gasteiger partial charge in [0.05, 0.1) is 0 Å². The van der Waals surface area contributed by atoms with E-state index in [1.54, 1.807) is 18.2 Å². The molecule has 1 rings (SSSR count). The van der Waals surface area contributed by atoms with E-state index in [1.165, 1.54) is 13.8 Å². The van der Waals surface area contributed by atoms with E-state index in [2.05, 4.69) is 10.6 Å². The standard InChI is InChI=1S/C10H11AsN2O3/c1-6(14)12-9-4-3-8(11-16)5-10(9)13-7(2)15/h3-5H,1-2H3,(H,12,14)(H,13,15). The predicted molar refractivity (Wildman–Crippen MR) is 61.1 cm³/mol. The zero-order chi connectivity index (χ0) is 12.1. The first-order chi connectivity index (χ1) is 7.52. The van der Waals surface area contributed by atoms with E-state index in [4.69, 9.17) is 0 Å². The second-order valence-corrected chi connectivity index (χ2v) is 4.65. The molecule has 0 aliphatic carbocycles. The normalized spacial score (nSPS) is 9.88. The van der Waals surface area contributed by atoms with Crippen LogP contribution in [0.1, 0.15) is 13.8 Å². The Morgan fingerprint density at radius 1 is 1.06 bits per heavy atom. The van der Waals surface area contributed by atoms with Crippen molar-refractivity contribution >= 4 is 43.2 Å². The number of nitrogens with one attached hydrogen (secondary N) is 2. The molecule has 2 N–H and O–H groups in total. The molecular weight excluding hydrogens is 271 g/mol. The van der Waals surface area contributed by atoms with Crippen LogP contribution in [0.15, 0.2) is 18.2 Å². The van der Waals surface area contributed by atoms with Gasteiger partial charge in [-0.2, -0.15) is 0 Å². The van der Waals surface area contributed by atoms with Gasteiger partial charge in [-0.3, -0.25) is 0 Å². The number of carbonyl (C=O) groups excluding carboxylic acids is 2. The van der Waals surface area contributed by atoms with Crippen molar-refractivity contribution < 1.29 is 13.3 Å². The summed E-state index contributed by atoms with van der Waals surface area (Å²) in [5, 5.41) is 5.16. The first-order valence-corrected chi connectivity index (χ1v) is 6.26. The zero-order valence-corrected chi connectivity index (χ0v) is 10.8. The number of carbonyl (C=O) groups is 2. The molecular formula is C10H11AsN2O3. The molecule has 16 heavy (non-hydrogen) atoms. The van der Waals surface area contributed by atoms with Crippen LogP contribution in [0.25, 0.3) is 0 Å². The molecule has 0 bridgehead atoms. The van der Waals surface area contributed by atoms with Crippen LogP contribution in [0, 0.1) is 0 Å². The summed E-state index contributed by atoms with van der Waals surface area (Å²) in [5.41, 5.74) is 0.965. The van der Waals surface area contributed by atoms with Crippen LogP contribution in [0.3, 0.4) is 0 Å². The van der Waals surface area contributed by atoms with Crippen LogP contribution >= 0.6 is 0 Å². The number of hydrogen-bond acceptors (Lipinski definition) is 3. The van der Waals surface area contributed by atoms with E-state index in [0.717, 1.165) is 0 Å². The Labute approximate surface area is 99.5 Å². The van der Waals surface area contributed by atoms with Gasteiger partial charge in [0.1, 0.15) is 0 Å². The van der Waals surface area contributed by atoms with E-state index < -0.39 is 15.7 Å². The van der Waals surface area contributed by atoms with Crippen molar-refractivity contribution in [3.63, 3.8) is 0 Å². The van der Waals surface area contributed by atoms with Crippen LogP contribution in [0.2, 0.25) is 0 Å². The van der Waals surface area contributed by atoms with Gasteiger partial charge in [-0.15, -0.1) is 0 Å². The number of amides is 2. The van der Waals surface area contributed by atoms with Crippen molar-refractivity contribution in [3.05, 3.63) is 18.2 Å². The zero-order valence-electron chi connectivity index (χ0n) is 8.90. The summed E-state index contributed by atoms with van der Waals surface area (Å²) < 4.78 is 11.4. The molecule has 5 nitrogen and oxygen atoms in total. The second-order valence-electron chi connectivity index (χ2n) is 3.18. The molecule has 84 valence electrons. The van der Waals surface area contributed by atoms with E-state index >= 15 is 0 Å². The van der Waals surface area contributed by atoms with E-state index in [0.29, 0.717) is 15.7 Å². The average molecular weight is 282 g/mol. The number of benzene rings is 1. The summed E-state index contributed by atoms with van der Waals surface area (Å²) in [4.78, 5) is 21.9. The van der Waals surface area contributed by atoms with E-state index in [1.807, 2.05) is 0 Å². The van der Waals surface area contributed by atoms with Crippen molar-refractivity contribution in [3.8, 4) is 0 Å². The van der Waals surface area contributed by atoms with Crippen LogP contribution in [0.5, 0.6) is 0 Å². The third-order valence-corrected chi connectivity index (χ3v) is 2.76. The monoisotopic (exact) mass is 282 g/mol. The predicted octanol–water partition coefficient (Wildman–Crippen LogP) is 0.278. The maximum atomic E-state index is 11.0. The quantitative estimate of drug-likeness (QED) is 0.782. The molecule has 0 fully saturated rings. The molecule has 0 heterocycles. The molecule has 0 aliphatic heterocycles. The Morgan fingerprint density at radius 2 is 1.62 bits per heavy atom. The number of rotatable bonds is 3. The Morgan fingerprint density at radius 3 is 2.12 bits per heavy atom. The first-order valence-electron chi connectivity index (χ1n) is 4.55. The van der Waals surface area contributed by atoms with Gasteiger partial charge in [-0.25, -0.2) is 0 Å². The van der Waals surface area contributed by atoms with Gasteiger partial charge in [0, 0.05) is 0 Å². The molecule has 0 saturated carbocycles. The average Bonchev–Trinajstić information content (AvgIpc) is 2.19. The second kappa shape index (κ2) is 5.56. The number of anilines is 2. The number of hydrogen-bond donors (Lipinski definition) is 2. The van der Waals surface area contributed by atoms with Gasteiger partial charge < -0.3 is 0 Å².